The summed E-state index contributed by atoms with van der Waals surface area (Å²) in [5.74, 6) is 0. The highest BCUT2D eigenvalue weighted by Crippen LogP contribution is 2.21. The van der Waals surface area contributed by atoms with Gasteiger partial charge in [-0.2, -0.15) is 0 Å². The van der Waals surface area contributed by atoms with Crippen molar-refractivity contribution >= 4 is 0 Å². The Kier molecular flexibility index (Phi) is 9.93. The Bertz CT molecular complexity index is 275. The third kappa shape index (κ3) is 7.78. The van der Waals surface area contributed by atoms with Crippen molar-refractivity contribution in [3.05, 3.63) is 12.2 Å². The quantitative estimate of drug-likeness (QED) is 0.666. The number of rotatable bonds is 1. The maximum absolute atomic E-state index is 3.70. The molecule has 1 heterocycles. The first-order valence-corrected chi connectivity index (χ1v) is 10.1. The first-order valence-electron chi connectivity index (χ1n) is 10.1. The molecule has 2 heteroatoms. The van der Waals surface area contributed by atoms with Crippen LogP contribution in [0, 0.1) is 0 Å². The lowest BCUT2D eigenvalue weighted by Gasteiger charge is -2.32. The molecule has 128 valence electrons. The SMILES string of the molecule is C1=CCCCN(C2CCCCCCCCCC2)CNCCC1. The molecule has 0 amide bonds. The smallest absolute Gasteiger partial charge is 0.0483 e. The van der Waals surface area contributed by atoms with Gasteiger partial charge in [-0.1, -0.05) is 63.5 Å². The molecule has 0 aromatic rings. The Hall–Kier alpha value is -0.340. The molecule has 0 radical (unpaired) electrons. The van der Waals surface area contributed by atoms with Crippen LogP contribution < -0.4 is 5.32 Å². The Morgan fingerprint density at radius 3 is 1.95 bits per heavy atom. The first kappa shape index (κ1) is 18.0. The van der Waals surface area contributed by atoms with Crippen molar-refractivity contribution < 1.29 is 0 Å². The largest absolute Gasteiger partial charge is 0.304 e. The summed E-state index contributed by atoms with van der Waals surface area (Å²) in [6, 6.07) is 0.829. The predicted molar refractivity (Wildman–Crippen MR) is 97.1 cm³/mol. The molecule has 22 heavy (non-hydrogen) atoms. The van der Waals surface area contributed by atoms with Crippen LogP contribution in [0.4, 0.5) is 0 Å². The van der Waals surface area contributed by atoms with Gasteiger partial charge < -0.3 is 5.32 Å². The Labute approximate surface area is 138 Å². The standard InChI is InChI=1S/C20H38N2/c1-2-4-8-12-16-20(15-11-7-3-1)22-18-14-10-6-5-9-13-17-21-19-22/h5-6,20-21H,1-4,7-19H2. The fraction of sp³-hybridized carbons (Fsp3) is 0.900. The average molecular weight is 307 g/mol. The summed E-state index contributed by atoms with van der Waals surface area (Å²) in [7, 11) is 0. The Morgan fingerprint density at radius 1 is 0.682 bits per heavy atom. The lowest BCUT2D eigenvalue weighted by atomic mass is 10.0. The van der Waals surface area contributed by atoms with E-state index < -0.39 is 0 Å². The molecule has 0 saturated heterocycles. The van der Waals surface area contributed by atoms with E-state index >= 15 is 0 Å². The van der Waals surface area contributed by atoms with Crippen molar-refractivity contribution in [2.45, 2.75) is 95.9 Å². The summed E-state index contributed by atoms with van der Waals surface area (Å²) in [6.07, 6.45) is 24.5. The second kappa shape index (κ2) is 12.1. The molecule has 0 atom stereocenters. The minimum Gasteiger partial charge on any atom is -0.304 e. The number of hydrogen-bond donors (Lipinski definition) is 1. The molecule has 1 N–H and O–H groups in total. The summed E-state index contributed by atoms with van der Waals surface area (Å²) in [5.41, 5.74) is 0. The first-order chi connectivity index (χ1) is 11.0. The van der Waals surface area contributed by atoms with Crippen molar-refractivity contribution in [2.75, 3.05) is 19.8 Å². The number of nitrogens with one attached hydrogen (secondary N) is 1. The average Bonchev–Trinajstić information content (AvgIpc) is 2.64. The molecule has 2 nitrogen and oxygen atoms in total. The van der Waals surface area contributed by atoms with Gasteiger partial charge in [-0.3, -0.25) is 4.90 Å². The van der Waals surface area contributed by atoms with Gasteiger partial charge in [0.2, 0.25) is 0 Å². The van der Waals surface area contributed by atoms with E-state index in [2.05, 4.69) is 22.4 Å². The van der Waals surface area contributed by atoms with Crippen molar-refractivity contribution in [2.24, 2.45) is 0 Å². The zero-order chi connectivity index (χ0) is 15.3. The van der Waals surface area contributed by atoms with Crippen LogP contribution in [0.3, 0.4) is 0 Å². The van der Waals surface area contributed by atoms with Crippen LogP contribution in [0.2, 0.25) is 0 Å². The molecule has 0 aromatic carbocycles. The van der Waals surface area contributed by atoms with Crippen LogP contribution in [-0.2, 0) is 0 Å². The van der Waals surface area contributed by atoms with Crippen molar-refractivity contribution in [1.29, 1.82) is 0 Å². The molecule has 0 aromatic heterocycles. The van der Waals surface area contributed by atoms with Crippen LogP contribution in [0.1, 0.15) is 89.9 Å². The van der Waals surface area contributed by atoms with Gasteiger partial charge in [-0.05, 0) is 51.6 Å². The highest BCUT2D eigenvalue weighted by atomic mass is 15.2. The number of nitrogens with zero attached hydrogens (tertiary/aromatic N) is 1. The van der Waals surface area contributed by atoms with E-state index in [1.54, 1.807) is 0 Å². The van der Waals surface area contributed by atoms with Crippen molar-refractivity contribution in [1.82, 2.24) is 10.2 Å². The van der Waals surface area contributed by atoms with Crippen molar-refractivity contribution in [3.63, 3.8) is 0 Å². The van der Waals surface area contributed by atoms with Gasteiger partial charge in [0, 0.05) is 12.7 Å². The fourth-order valence-corrected chi connectivity index (χ4v) is 3.94. The lowest BCUT2D eigenvalue weighted by Crippen LogP contribution is -2.42. The molecular weight excluding hydrogens is 268 g/mol. The van der Waals surface area contributed by atoms with Crippen LogP contribution in [0.25, 0.3) is 0 Å². The summed E-state index contributed by atoms with van der Waals surface area (Å²) in [4.78, 5) is 2.77. The minimum atomic E-state index is 0.829. The van der Waals surface area contributed by atoms with Gasteiger partial charge >= 0.3 is 0 Å². The fourth-order valence-electron chi connectivity index (χ4n) is 3.94. The molecule has 1 aliphatic heterocycles. The molecule has 2 aliphatic rings. The maximum Gasteiger partial charge on any atom is 0.0483 e. The van der Waals surface area contributed by atoms with Gasteiger partial charge in [0.25, 0.3) is 0 Å². The van der Waals surface area contributed by atoms with Crippen molar-refractivity contribution in [3.8, 4) is 0 Å². The number of hydrogen-bond acceptors (Lipinski definition) is 2. The van der Waals surface area contributed by atoms with Crippen LogP contribution in [0.15, 0.2) is 12.2 Å². The molecule has 1 fully saturated rings. The summed E-state index contributed by atoms with van der Waals surface area (Å²) in [6.45, 7) is 3.57. The van der Waals surface area contributed by atoms with E-state index in [0.717, 1.165) is 12.7 Å². The highest BCUT2D eigenvalue weighted by Gasteiger charge is 2.17. The molecule has 1 saturated carbocycles. The Morgan fingerprint density at radius 2 is 1.27 bits per heavy atom. The van der Waals surface area contributed by atoms with E-state index in [-0.39, 0.29) is 0 Å². The normalized spacial score (nSPS) is 26.0. The van der Waals surface area contributed by atoms with E-state index in [4.69, 9.17) is 0 Å². The maximum atomic E-state index is 3.70. The van der Waals surface area contributed by atoms with Crippen LogP contribution >= 0.6 is 0 Å². The van der Waals surface area contributed by atoms with Crippen LogP contribution in [-0.4, -0.2) is 30.7 Å². The molecule has 0 spiro atoms. The van der Waals surface area contributed by atoms with E-state index in [0.29, 0.717) is 0 Å². The van der Waals surface area contributed by atoms with Gasteiger partial charge in [0.15, 0.2) is 0 Å². The van der Waals surface area contributed by atoms with Crippen LogP contribution in [0.5, 0.6) is 0 Å². The molecule has 0 unspecified atom stereocenters. The number of allylic oxidation sites excluding steroid dienone is 2. The zero-order valence-electron chi connectivity index (χ0n) is 14.7. The molecule has 1 aliphatic carbocycles. The topological polar surface area (TPSA) is 15.3 Å². The second-order valence-corrected chi connectivity index (χ2v) is 7.29. The minimum absolute atomic E-state index is 0.829. The van der Waals surface area contributed by atoms with E-state index in [9.17, 15) is 0 Å². The second-order valence-electron chi connectivity index (χ2n) is 7.29. The predicted octanol–water partition coefficient (Wildman–Crippen LogP) is 5.25. The van der Waals surface area contributed by atoms with Gasteiger partial charge in [-0.25, -0.2) is 0 Å². The zero-order valence-corrected chi connectivity index (χ0v) is 14.7. The van der Waals surface area contributed by atoms with Gasteiger partial charge in [-0.15, -0.1) is 0 Å². The lowest BCUT2D eigenvalue weighted by molar-refractivity contribution is 0.157. The third-order valence-corrected chi connectivity index (χ3v) is 5.36. The molecule has 2 rings (SSSR count). The van der Waals surface area contributed by atoms with E-state index in [1.165, 1.54) is 103 Å². The monoisotopic (exact) mass is 306 g/mol. The summed E-state index contributed by atoms with van der Waals surface area (Å²) in [5, 5.41) is 3.70. The van der Waals surface area contributed by atoms with E-state index in [1.807, 2.05) is 0 Å². The van der Waals surface area contributed by atoms with Gasteiger partial charge in [0.05, 0.1) is 0 Å². The Balaban J connectivity index is 1.85. The third-order valence-electron chi connectivity index (χ3n) is 5.36. The molecule has 0 bridgehead atoms. The summed E-state index contributed by atoms with van der Waals surface area (Å²) >= 11 is 0. The molecular formula is C20H38N2. The summed E-state index contributed by atoms with van der Waals surface area (Å²) < 4.78 is 0. The highest BCUT2D eigenvalue weighted by molar-refractivity contribution is 4.83. The van der Waals surface area contributed by atoms with Gasteiger partial charge in [0.1, 0.15) is 0 Å².